The van der Waals surface area contributed by atoms with E-state index in [-0.39, 0.29) is 17.7 Å². The summed E-state index contributed by atoms with van der Waals surface area (Å²) in [7, 11) is 0. The summed E-state index contributed by atoms with van der Waals surface area (Å²) in [5, 5.41) is 0. The maximum absolute atomic E-state index is 12.8. The van der Waals surface area contributed by atoms with E-state index in [2.05, 4.69) is 18.2 Å². The summed E-state index contributed by atoms with van der Waals surface area (Å²) in [6, 6.07) is 16.2. The van der Waals surface area contributed by atoms with Crippen molar-refractivity contribution in [1.29, 1.82) is 0 Å². The van der Waals surface area contributed by atoms with Gasteiger partial charge in [-0.15, -0.1) is 0 Å². The molecule has 158 valence electrons. The molecule has 1 aliphatic carbocycles. The lowest BCUT2D eigenvalue weighted by molar-refractivity contribution is -0.133. The topological polar surface area (TPSA) is 49.9 Å². The van der Waals surface area contributed by atoms with Crippen LogP contribution >= 0.6 is 0 Å². The molecule has 2 aliphatic rings. The normalized spacial score (nSPS) is 15.7. The minimum absolute atomic E-state index is 0.165. The fourth-order valence-corrected chi connectivity index (χ4v) is 3.97. The average molecular weight is 407 g/mol. The molecule has 0 bridgehead atoms. The highest BCUT2D eigenvalue weighted by Crippen LogP contribution is 2.33. The standard InChI is InChI=1S/C25H30N2O3/c1-2-26(17-20-6-4-3-5-7-20)24(28)13-9-19-8-12-23-22(16-19)18-27(14-15-30-23)25(29)21-10-11-21/h3-8,12,16,21H,2,9-11,13-15,17-18H2,1H3. The third-order valence-electron chi connectivity index (χ3n) is 5.92. The summed E-state index contributed by atoms with van der Waals surface area (Å²) in [4.78, 5) is 29.1. The molecule has 4 rings (SSSR count). The van der Waals surface area contributed by atoms with Crippen LogP contribution in [-0.2, 0) is 29.1 Å². The lowest BCUT2D eigenvalue weighted by Crippen LogP contribution is -2.33. The highest BCUT2D eigenvalue weighted by molar-refractivity contribution is 5.81. The summed E-state index contributed by atoms with van der Waals surface area (Å²) in [6.45, 7) is 5.14. The first-order valence-corrected chi connectivity index (χ1v) is 11.0. The Morgan fingerprint density at radius 2 is 1.90 bits per heavy atom. The van der Waals surface area contributed by atoms with E-state index in [1.54, 1.807) is 0 Å². The van der Waals surface area contributed by atoms with Gasteiger partial charge in [0.1, 0.15) is 12.4 Å². The number of nitrogens with zero attached hydrogens (tertiary/aromatic N) is 2. The van der Waals surface area contributed by atoms with E-state index in [1.807, 2.05) is 47.1 Å². The van der Waals surface area contributed by atoms with Gasteiger partial charge in [0.2, 0.25) is 11.8 Å². The Balaban J connectivity index is 1.37. The van der Waals surface area contributed by atoms with Crippen molar-refractivity contribution in [3.63, 3.8) is 0 Å². The number of benzene rings is 2. The van der Waals surface area contributed by atoms with E-state index in [0.717, 1.165) is 35.3 Å². The molecule has 1 aliphatic heterocycles. The molecule has 2 amide bonds. The molecule has 0 radical (unpaired) electrons. The van der Waals surface area contributed by atoms with Crippen molar-refractivity contribution in [3.05, 3.63) is 65.2 Å². The number of ether oxygens (including phenoxy) is 1. The maximum atomic E-state index is 12.8. The van der Waals surface area contributed by atoms with Gasteiger partial charge in [-0.25, -0.2) is 0 Å². The zero-order chi connectivity index (χ0) is 20.9. The quantitative estimate of drug-likeness (QED) is 0.703. The van der Waals surface area contributed by atoms with Crippen molar-refractivity contribution in [2.24, 2.45) is 5.92 Å². The molecule has 2 aromatic rings. The molecule has 1 fully saturated rings. The molecule has 0 unspecified atom stereocenters. The Morgan fingerprint density at radius 1 is 1.10 bits per heavy atom. The molecule has 5 heteroatoms. The Hall–Kier alpha value is -2.82. The minimum Gasteiger partial charge on any atom is -0.491 e. The highest BCUT2D eigenvalue weighted by Gasteiger charge is 2.34. The molecule has 2 aromatic carbocycles. The van der Waals surface area contributed by atoms with Crippen molar-refractivity contribution >= 4 is 11.8 Å². The number of aryl methyl sites for hydroxylation is 1. The van der Waals surface area contributed by atoms with Gasteiger partial charge < -0.3 is 14.5 Å². The zero-order valence-electron chi connectivity index (χ0n) is 17.7. The van der Waals surface area contributed by atoms with Crippen molar-refractivity contribution in [2.45, 2.75) is 45.7 Å². The zero-order valence-corrected chi connectivity index (χ0v) is 17.7. The predicted octanol–water partition coefficient (Wildman–Crippen LogP) is 3.80. The number of carbonyl (C=O) groups excluding carboxylic acids is 2. The van der Waals surface area contributed by atoms with Crippen LogP contribution in [0.1, 0.15) is 42.9 Å². The second kappa shape index (κ2) is 9.33. The highest BCUT2D eigenvalue weighted by atomic mass is 16.5. The van der Waals surface area contributed by atoms with Crippen LogP contribution in [0.2, 0.25) is 0 Å². The number of rotatable bonds is 7. The maximum Gasteiger partial charge on any atom is 0.226 e. The summed E-state index contributed by atoms with van der Waals surface area (Å²) >= 11 is 0. The third-order valence-corrected chi connectivity index (χ3v) is 5.92. The summed E-state index contributed by atoms with van der Waals surface area (Å²) in [6.07, 6.45) is 3.20. The van der Waals surface area contributed by atoms with Gasteiger partial charge in [-0.2, -0.15) is 0 Å². The Labute approximate surface area is 178 Å². The van der Waals surface area contributed by atoms with E-state index in [1.165, 1.54) is 0 Å². The van der Waals surface area contributed by atoms with Crippen LogP contribution < -0.4 is 4.74 Å². The monoisotopic (exact) mass is 406 g/mol. The summed E-state index contributed by atoms with van der Waals surface area (Å²) < 4.78 is 5.86. The SMILES string of the molecule is CCN(Cc1ccccc1)C(=O)CCc1ccc2c(c1)CN(C(=O)C1CC1)CCO2. The molecule has 1 heterocycles. The molecular formula is C25H30N2O3. The fourth-order valence-electron chi connectivity index (χ4n) is 3.97. The first-order chi connectivity index (χ1) is 14.6. The van der Waals surface area contributed by atoms with Crippen LogP contribution in [0.15, 0.2) is 48.5 Å². The van der Waals surface area contributed by atoms with Gasteiger partial charge in [-0.05, 0) is 43.4 Å². The number of amides is 2. The first kappa shape index (κ1) is 20.5. The van der Waals surface area contributed by atoms with Gasteiger partial charge in [0.05, 0.1) is 6.54 Å². The van der Waals surface area contributed by atoms with E-state index in [4.69, 9.17) is 4.74 Å². The average Bonchev–Trinajstić information content (AvgIpc) is 3.62. The molecule has 5 nitrogen and oxygen atoms in total. The van der Waals surface area contributed by atoms with E-state index < -0.39 is 0 Å². The van der Waals surface area contributed by atoms with Crippen molar-refractivity contribution in [2.75, 3.05) is 19.7 Å². The summed E-state index contributed by atoms with van der Waals surface area (Å²) in [5.74, 6) is 1.50. The van der Waals surface area contributed by atoms with Gasteiger partial charge in [0.15, 0.2) is 0 Å². The van der Waals surface area contributed by atoms with Crippen molar-refractivity contribution in [1.82, 2.24) is 9.80 Å². The molecule has 30 heavy (non-hydrogen) atoms. The molecule has 0 saturated heterocycles. The van der Waals surface area contributed by atoms with Gasteiger partial charge >= 0.3 is 0 Å². The fraction of sp³-hybridized carbons (Fsp3) is 0.440. The van der Waals surface area contributed by atoms with Crippen LogP contribution in [0.3, 0.4) is 0 Å². The molecule has 0 spiro atoms. The van der Waals surface area contributed by atoms with Gasteiger partial charge in [0, 0.05) is 37.5 Å². The van der Waals surface area contributed by atoms with Gasteiger partial charge in [0.25, 0.3) is 0 Å². The second-order valence-corrected chi connectivity index (χ2v) is 8.22. The van der Waals surface area contributed by atoms with Crippen LogP contribution in [0.25, 0.3) is 0 Å². The van der Waals surface area contributed by atoms with Crippen molar-refractivity contribution < 1.29 is 14.3 Å². The van der Waals surface area contributed by atoms with E-state index in [0.29, 0.717) is 45.6 Å². The lowest BCUT2D eigenvalue weighted by atomic mass is 10.0. The van der Waals surface area contributed by atoms with E-state index in [9.17, 15) is 9.59 Å². The van der Waals surface area contributed by atoms with Crippen LogP contribution in [0, 0.1) is 5.92 Å². The van der Waals surface area contributed by atoms with E-state index >= 15 is 0 Å². The molecule has 0 N–H and O–H groups in total. The van der Waals surface area contributed by atoms with Crippen LogP contribution in [0.5, 0.6) is 5.75 Å². The number of hydrogen-bond acceptors (Lipinski definition) is 3. The lowest BCUT2D eigenvalue weighted by Gasteiger charge is -2.21. The Bertz CT molecular complexity index is 893. The molecule has 0 atom stereocenters. The predicted molar refractivity (Wildman–Crippen MR) is 116 cm³/mol. The molecule has 0 aromatic heterocycles. The van der Waals surface area contributed by atoms with Crippen LogP contribution in [0.4, 0.5) is 0 Å². The van der Waals surface area contributed by atoms with Gasteiger partial charge in [-0.1, -0.05) is 42.5 Å². The molecule has 1 saturated carbocycles. The van der Waals surface area contributed by atoms with Gasteiger partial charge in [-0.3, -0.25) is 9.59 Å². The Kier molecular flexibility index (Phi) is 6.36. The number of carbonyl (C=O) groups is 2. The largest absolute Gasteiger partial charge is 0.491 e. The Morgan fingerprint density at radius 3 is 2.63 bits per heavy atom. The third kappa shape index (κ3) is 5.02. The van der Waals surface area contributed by atoms with Crippen molar-refractivity contribution in [3.8, 4) is 5.75 Å². The first-order valence-electron chi connectivity index (χ1n) is 11.0. The number of fused-ring (bicyclic) bond motifs is 1. The minimum atomic E-state index is 0.165. The summed E-state index contributed by atoms with van der Waals surface area (Å²) in [5.41, 5.74) is 3.31. The second-order valence-electron chi connectivity index (χ2n) is 8.22. The molecular weight excluding hydrogens is 376 g/mol. The van der Waals surface area contributed by atoms with Crippen LogP contribution in [-0.4, -0.2) is 41.3 Å². The smallest absolute Gasteiger partial charge is 0.226 e. The number of hydrogen-bond donors (Lipinski definition) is 0.